The summed E-state index contributed by atoms with van der Waals surface area (Å²) in [4.78, 5) is 10.0. The number of nitro groups is 1. The molecule has 0 saturated heterocycles. The molecule has 0 aromatic heterocycles. The van der Waals surface area contributed by atoms with Crippen molar-refractivity contribution in [2.45, 2.75) is 4.90 Å². The Kier molecular flexibility index (Phi) is 4.25. The fourth-order valence-electron chi connectivity index (χ4n) is 2.10. The molecule has 0 amide bonds. The summed E-state index contributed by atoms with van der Waals surface area (Å²) in [7, 11) is -4.04. The number of rotatable bonds is 5. The van der Waals surface area contributed by atoms with Gasteiger partial charge >= 0.3 is 0 Å². The van der Waals surface area contributed by atoms with Gasteiger partial charge in [-0.25, -0.2) is 13.6 Å². The van der Waals surface area contributed by atoms with E-state index in [2.05, 4.69) is 10.5 Å². The van der Waals surface area contributed by atoms with Crippen LogP contribution >= 0.6 is 0 Å². The van der Waals surface area contributed by atoms with Gasteiger partial charge in [0.05, 0.1) is 16.0 Å². The van der Waals surface area contributed by atoms with Crippen molar-refractivity contribution in [2.24, 2.45) is 10.2 Å². The van der Waals surface area contributed by atoms with E-state index in [4.69, 9.17) is 14.6 Å². The second-order valence-corrected chi connectivity index (χ2v) is 6.53. The number of nitro benzene ring substituents is 1. The number of primary sulfonamides is 1. The lowest BCUT2D eigenvalue weighted by molar-refractivity contribution is -0.384. The predicted octanol–water partition coefficient (Wildman–Crippen LogP) is 1.42. The third-order valence-electron chi connectivity index (χ3n) is 3.29. The van der Waals surface area contributed by atoms with E-state index >= 15 is 0 Å². The van der Waals surface area contributed by atoms with E-state index in [0.29, 0.717) is 17.1 Å². The number of fused-ring (bicyclic) bond motifs is 1. The van der Waals surface area contributed by atoms with E-state index in [0.717, 1.165) is 12.1 Å². The van der Waals surface area contributed by atoms with E-state index in [9.17, 15) is 18.5 Å². The summed E-state index contributed by atoms with van der Waals surface area (Å²) in [6.45, 7) is 0.150. The molecule has 1 aliphatic heterocycles. The van der Waals surface area contributed by atoms with Crippen LogP contribution in [0.15, 0.2) is 46.4 Å². The first kappa shape index (κ1) is 16.7. The molecule has 1 aliphatic rings. The summed E-state index contributed by atoms with van der Waals surface area (Å²) in [6.07, 6.45) is 1.43. The monoisotopic (exact) mass is 364 g/mol. The number of anilines is 1. The van der Waals surface area contributed by atoms with Crippen LogP contribution < -0.4 is 20.0 Å². The zero-order chi connectivity index (χ0) is 18.0. The number of nitrogens with two attached hydrogens (primary N) is 1. The van der Waals surface area contributed by atoms with Gasteiger partial charge in [0.25, 0.3) is 5.69 Å². The van der Waals surface area contributed by atoms with Crippen molar-refractivity contribution in [2.75, 3.05) is 12.2 Å². The van der Waals surface area contributed by atoms with E-state index in [-0.39, 0.29) is 17.4 Å². The molecule has 0 saturated carbocycles. The number of benzene rings is 2. The topological polar surface area (TPSA) is 146 Å². The fourth-order valence-corrected chi connectivity index (χ4v) is 2.64. The van der Waals surface area contributed by atoms with Crippen LogP contribution in [0.2, 0.25) is 0 Å². The molecule has 130 valence electrons. The Balaban J connectivity index is 1.82. The maximum absolute atomic E-state index is 11.3. The number of nitrogens with one attached hydrogen (secondary N) is 1. The van der Waals surface area contributed by atoms with Crippen LogP contribution in [-0.4, -0.2) is 26.3 Å². The largest absolute Gasteiger partial charge is 0.454 e. The number of hydrogen-bond acceptors (Lipinski definition) is 8. The highest BCUT2D eigenvalue weighted by atomic mass is 32.2. The van der Waals surface area contributed by atoms with Gasteiger partial charge in [-0.3, -0.25) is 15.5 Å². The maximum Gasteiger partial charge on any atom is 0.295 e. The van der Waals surface area contributed by atoms with Crippen LogP contribution in [0.4, 0.5) is 11.4 Å². The van der Waals surface area contributed by atoms with Crippen LogP contribution in [0.1, 0.15) is 5.56 Å². The highest BCUT2D eigenvalue weighted by Crippen LogP contribution is 2.32. The Bertz CT molecular complexity index is 973. The first-order valence-corrected chi connectivity index (χ1v) is 8.39. The molecule has 0 fully saturated rings. The molecular formula is C14H12N4O6S. The molecule has 0 radical (unpaired) electrons. The van der Waals surface area contributed by atoms with Crippen LogP contribution in [0.5, 0.6) is 11.5 Å². The Labute approximate surface area is 142 Å². The van der Waals surface area contributed by atoms with Crippen LogP contribution in [0.3, 0.4) is 0 Å². The van der Waals surface area contributed by atoms with Gasteiger partial charge in [-0.15, -0.1) is 0 Å². The summed E-state index contributed by atoms with van der Waals surface area (Å²) in [6, 6.07) is 8.39. The van der Waals surface area contributed by atoms with Gasteiger partial charge in [0, 0.05) is 6.07 Å². The maximum atomic E-state index is 11.3. The lowest BCUT2D eigenvalue weighted by Crippen LogP contribution is -2.12. The Morgan fingerprint density at radius 2 is 1.96 bits per heavy atom. The minimum Gasteiger partial charge on any atom is -0.454 e. The van der Waals surface area contributed by atoms with E-state index in [1.165, 1.54) is 12.3 Å². The van der Waals surface area contributed by atoms with Gasteiger partial charge < -0.3 is 9.47 Å². The Hall–Kier alpha value is -3.18. The highest BCUT2D eigenvalue weighted by molar-refractivity contribution is 7.89. The molecule has 3 rings (SSSR count). The first-order chi connectivity index (χ1) is 11.8. The standard InChI is InChI=1S/C14H12N4O6S/c15-25(21,22)10-2-3-11(12(6-10)18(19)20)17-16-7-9-1-4-13-14(5-9)24-8-23-13/h1-7,17H,8H2,(H2,15,21,22)/b16-7-. The van der Waals surface area contributed by atoms with Crippen molar-refractivity contribution in [3.8, 4) is 11.5 Å². The fraction of sp³-hybridized carbons (Fsp3) is 0.0714. The summed E-state index contributed by atoms with van der Waals surface area (Å²) in [5.41, 5.74) is 2.75. The third-order valence-corrected chi connectivity index (χ3v) is 4.20. The average Bonchev–Trinajstić information content (AvgIpc) is 3.01. The van der Waals surface area contributed by atoms with Crippen molar-refractivity contribution in [1.82, 2.24) is 0 Å². The summed E-state index contributed by atoms with van der Waals surface area (Å²) in [5, 5.41) is 20.0. The number of sulfonamides is 1. The van der Waals surface area contributed by atoms with E-state index < -0.39 is 20.6 Å². The second kappa shape index (κ2) is 6.37. The van der Waals surface area contributed by atoms with Crippen LogP contribution in [0, 0.1) is 10.1 Å². The van der Waals surface area contributed by atoms with Crippen LogP contribution in [-0.2, 0) is 10.0 Å². The molecule has 2 aromatic carbocycles. The molecule has 0 spiro atoms. The number of ether oxygens (including phenoxy) is 2. The smallest absolute Gasteiger partial charge is 0.295 e. The first-order valence-electron chi connectivity index (χ1n) is 6.84. The van der Waals surface area contributed by atoms with Gasteiger partial charge in [-0.1, -0.05) is 0 Å². The zero-order valence-corrected chi connectivity index (χ0v) is 13.4. The molecule has 0 unspecified atom stereocenters. The summed E-state index contributed by atoms with van der Waals surface area (Å²) < 4.78 is 33.0. The molecule has 11 heteroatoms. The van der Waals surface area contributed by atoms with Gasteiger partial charge in [-0.05, 0) is 35.9 Å². The minimum atomic E-state index is -4.04. The molecule has 0 atom stereocenters. The molecule has 1 heterocycles. The average molecular weight is 364 g/mol. The highest BCUT2D eigenvalue weighted by Gasteiger charge is 2.19. The van der Waals surface area contributed by atoms with Crippen molar-refractivity contribution in [3.63, 3.8) is 0 Å². The second-order valence-electron chi connectivity index (χ2n) is 4.96. The molecule has 10 nitrogen and oxygen atoms in total. The van der Waals surface area contributed by atoms with Crippen molar-refractivity contribution in [3.05, 3.63) is 52.1 Å². The van der Waals surface area contributed by atoms with E-state index in [1.807, 2.05) is 0 Å². The molecule has 2 aromatic rings. The molecule has 25 heavy (non-hydrogen) atoms. The zero-order valence-electron chi connectivity index (χ0n) is 12.6. The molecule has 0 bridgehead atoms. The molecular weight excluding hydrogens is 352 g/mol. The third kappa shape index (κ3) is 3.67. The molecule has 0 aliphatic carbocycles. The minimum absolute atomic E-state index is 0.0226. The summed E-state index contributed by atoms with van der Waals surface area (Å²) in [5.74, 6) is 1.20. The van der Waals surface area contributed by atoms with E-state index in [1.54, 1.807) is 18.2 Å². The van der Waals surface area contributed by atoms with Crippen molar-refractivity contribution in [1.29, 1.82) is 0 Å². The quantitative estimate of drug-likeness (QED) is 0.463. The van der Waals surface area contributed by atoms with Gasteiger partial charge in [-0.2, -0.15) is 5.10 Å². The van der Waals surface area contributed by atoms with Gasteiger partial charge in [0.15, 0.2) is 11.5 Å². The number of hydrazone groups is 1. The Morgan fingerprint density at radius 1 is 1.20 bits per heavy atom. The van der Waals surface area contributed by atoms with Crippen LogP contribution in [0.25, 0.3) is 0 Å². The molecule has 3 N–H and O–H groups in total. The SMILES string of the molecule is NS(=O)(=O)c1ccc(N/N=C\c2ccc3c(c2)OCO3)c([N+](=O)[O-])c1. The number of nitrogens with zero attached hydrogens (tertiary/aromatic N) is 2. The van der Waals surface area contributed by atoms with Crippen molar-refractivity contribution < 1.29 is 22.8 Å². The number of hydrogen-bond donors (Lipinski definition) is 2. The lowest BCUT2D eigenvalue weighted by Gasteiger charge is -2.04. The summed E-state index contributed by atoms with van der Waals surface area (Å²) >= 11 is 0. The predicted molar refractivity (Wildman–Crippen MR) is 88.3 cm³/mol. The van der Waals surface area contributed by atoms with Gasteiger partial charge in [0.2, 0.25) is 16.8 Å². The lowest BCUT2D eigenvalue weighted by atomic mass is 10.2. The normalized spacial score (nSPS) is 13.2. The van der Waals surface area contributed by atoms with Crippen molar-refractivity contribution >= 4 is 27.6 Å². The van der Waals surface area contributed by atoms with Gasteiger partial charge in [0.1, 0.15) is 5.69 Å². The Morgan fingerprint density at radius 3 is 2.68 bits per heavy atom.